The molecule has 6 heteroatoms. The number of H-pyrrole nitrogens is 1. The predicted molar refractivity (Wildman–Crippen MR) is 66.0 cm³/mol. The van der Waals surface area contributed by atoms with E-state index in [-0.39, 0.29) is 12.1 Å². The molecule has 0 amide bonds. The second-order valence-corrected chi connectivity index (χ2v) is 3.87. The molecule has 2 aromatic heterocycles. The number of ether oxygens (including phenoxy) is 1. The Morgan fingerprint density at radius 3 is 2.89 bits per heavy atom. The lowest BCUT2D eigenvalue weighted by Gasteiger charge is -2.06. The molecule has 2 rings (SSSR count). The standard InChI is InChI=1S/C12H13N3O3/c1-8-6-15(12(17)14-11(8)16)7-9-4-3-5-10(13-9)18-2/h3-6H,7H2,1-2H3,(H,14,16,17). The van der Waals surface area contributed by atoms with Crippen molar-refractivity contribution in [2.45, 2.75) is 13.5 Å². The zero-order valence-electron chi connectivity index (χ0n) is 10.1. The van der Waals surface area contributed by atoms with Gasteiger partial charge in [-0.2, -0.15) is 0 Å². The predicted octanol–water partition coefficient (Wildman–Crippen LogP) is 0.297. The number of nitrogens with zero attached hydrogens (tertiary/aromatic N) is 2. The molecule has 0 aromatic carbocycles. The Hall–Kier alpha value is -2.37. The minimum Gasteiger partial charge on any atom is -0.481 e. The van der Waals surface area contributed by atoms with E-state index in [0.29, 0.717) is 17.1 Å². The molecule has 0 unspecified atom stereocenters. The molecule has 0 bridgehead atoms. The maximum Gasteiger partial charge on any atom is 0.328 e. The van der Waals surface area contributed by atoms with Gasteiger partial charge >= 0.3 is 5.69 Å². The maximum absolute atomic E-state index is 11.6. The van der Waals surface area contributed by atoms with Crippen LogP contribution in [-0.2, 0) is 6.54 Å². The van der Waals surface area contributed by atoms with Gasteiger partial charge in [-0.3, -0.25) is 14.3 Å². The van der Waals surface area contributed by atoms with Crippen LogP contribution in [0.1, 0.15) is 11.3 Å². The Balaban J connectivity index is 2.36. The zero-order chi connectivity index (χ0) is 13.1. The smallest absolute Gasteiger partial charge is 0.328 e. The summed E-state index contributed by atoms with van der Waals surface area (Å²) < 4.78 is 6.41. The van der Waals surface area contributed by atoms with Crippen LogP contribution in [0.4, 0.5) is 0 Å². The number of aromatic amines is 1. The molecular weight excluding hydrogens is 234 g/mol. The number of aryl methyl sites for hydroxylation is 1. The second kappa shape index (κ2) is 4.87. The van der Waals surface area contributed by atoms with E-state index in [4.69, 9.17) is 4.74 Å². The van der Waals surface area contributed by atoms with Crippen molar-refractivity contribution < 1.29 is 4.74 Å². The second-order valence-electron chi connectivity index (χ2n) is 3.87. The van der Waals surface area contributed by atoms with Crippen molar-refractivity contribution in [2.75, 3.05) is 7.11 Å². The highest BCUT2D eigenvalue weighted by atomic mass is 16.5. The SMILES string of the molecule is COc1cccc(Cn2cc(C)c(=O)[nH]c2=O)n1. The van der Waals surface area contributed by atoms with Gasteiger partial charge in [0, 0.05) is 17.8 Å². The minimum absolute atomic E-state index is 0.285. The van der Waals surface area contributed by atoms with Crippen LogP contribution in [0.5, 0.6) is 5.88 Å². The molecular formula is C12H13N3O3. The number of aromatic nitrogens is 3. The Labute approximate surface area is 103 Å². The Kier molecular flexibility index (Phi) is 3.27. The average molecular weight is 247 g/mol. The van der Waals surface area contributed by atoms with Crippen molar-refractivity contribution in [1.82, 2.24) is 14.5 Å². The average Bonchev–Trinajstić information content (AvgIpc) is 2.36. The van der Waals surface area contributed by atoms with Gasteiger partial charge < -0.3 is 4.74 Å². The molecule has 94 valence electrons. The van der Waals surface area contributed by atoms with E-state index in [0.717, 1.165) is 0 Å². The van der Waals surface area contributed by atoms with E-state index in [1.165, 1.54) is 17.9 Å². The maximum atomic E-state index is 11.6. The van der Waals surface area contributed by atoms with Crippen LogP contribution < -0.4 is 16.0 Å². The first-order valence-electron chi connectivity index (χ1n) is 5.40. The monoisotopic (exact) mass is 247 g/mol. The fourth-order valence-corrected chi connectivity index (χ4v) is 1.57. The largest absolute Gasteiger partial charge is 0.481 e. The van der Waals surface area contributed by atoms with E-state index in [1.807, 2.05) is 0 Å². The number of pyridine rings is 1. The van der Waals surface area contributed by atoms with Crippen molar-refractivity contribution in [2.24, 2.45) is 0 Å². The summed E-state index contributed by atoms with van der Waals surface area (Å²) in [6.45, 7) is 1.93. The molecule has 2 aromatic rings. The third-order valence-electron chi connectivity index (χ3n) is 2.51. The van der Waals surface area contributed by atoms with Crippen LogP contribution in [0, 0.1) is 6.92 Å². The lowest BCUT2D eigenvalue weighted by molar-refractivity contribution is 0.395. The third kappa shape index (κ3) is 2.48. The number of rotatable bonds is 3. The van der Waals surface area contributed by atoms with Crippen molar-refractivity contribution in [3.8, 4) is 5.88 Å². The number of hydrogen-bond acceptors (Lipinski definition) is 4. The van der Waals surface area contributed by atoms with E-state index in [2.05, 4.69) is 9.97 Å². The van der Waals surface area contributed by atoms with Crippen molar-refractivity contribution >= 4 is 0 Å². The highest BCUT2D eigenvalue weighted by molar-refractivity contribution is 5.16. The van der Waals surface area contributed by atoms with E-state index in [1.54, 1.807) is 25.1 Å². The Bertz CT molecular complexity index is 673. The van der Waals surface area contributed by atoms with E-state index < -0.39 is 5.69 Å². The van der Waals surface area contributed by atoms with Gasteiger partial charge in [0.1, 0.15) is 0 Å². The summed E-state index contributed by atoms with van der Waals surface area (Å²) in [5.41, 5.74) is 0.352. The molecule has 0 aliphatic rings. The van der Waals surface area contributed by atoms with E-state index in [9.17, 15) is 9.59 Å². The molecule has 0 saturated carbocycles. The molecule has 0 aliphatic carbocycles. The van der Waals surface area contributed by atoms with Gasteiger partial charge in [-0.05, 0) is 13.0 Å². The minimum atomic E-state index is -0.449. The lowest BCUT2D eigenvalue weighted by Crippen LogP contribution is -2.31. The highest BCUT2D eigenvalue weighted by Crippen LogP contribution is 2.07. The van der Waals surface area contributed by atoms with Crippen LogP contribution in [0.15, 0.2) is 34.0 Å². The summed E-state index contributed by atoms with van der Waals surface area (Å²) in [4.78, 5) is 29.3. The van der Waals surface area contributed by atoms with Gasteiger partial charge in [-0.15, -0.1) is 0 Å². The van der Waals surface area contributed by atoms with Gasteiger partial charge in [-0.1, -0.05) is 6.07 Å². The molecule has 0 aliphatic heterocycles. The topological polar surface area (TPSA) is 77.0 Å². The van der Waals surface area contributed by atoms with Gasteiger partial charge in [-0.25, -0.2) is 9.78 Å². The summed E-state index contributed by atoms with van der Waals surface area (Å²) in [5.74, 6) is 0.488. The molecule has 0 atom stereocenters. The van der Waals surface area contributed by atoms with Crippen LogP contribution in [-0.4, -0.2) is 21.6 Å². The third-order valence-corrected chi connectivity index (χ3v) is 2.51. The summed E-state index contributed by atoms with van der Waals surface area (Å²) in [5, 5.41) is 0. The summed E-state index contributed by atoms with van der Waals surface area (Å²) in [7, 11) is 1.53. The molecule has 0 radical (unpaired) electrons. The van der Waals surface area contributed by atoms with Crippen LogP contribution >= 0.6 is 0 Å². The molecule has 0 spiro atoms. The Morgan fingerprint density at radius 2 is 2.17 bits per heavy atom. The fourth-order valence-electron chi connectivity index (χ4n) is 1.57. The van der Waals surface area contributed by atoms with Crippen LogP contribution in [0.3, 0.4) is 0 Å². The van der Waals surface area contributed by atoms with E-state index >= 15 is 0 Å². The van der Waals surface area contributed by atoms with Crippen molar-refractivity contribution in [3.05, 3.63) is 56.5 Å². The van der Waals surface area contributed by atoms with Crippen molar-refractivity contribution in [1.29, 1.82) is 0 Å². The van der Waals surface area contributed by atoms with Gasteiger partial charge in [0.05, 0.1) is 19.3 Å². The first-order chi connectivity index (χ1) is 8.60. The molecule has 0 fully saturated rings. The first-order valence-corrected chi connectivity index (χ1v) is 5.40. The molecule has 1 N–H and O–H groups in total. The molecule has 6 nitrogen and oxygen atoms in total. The van der Waals surface area contributed by atoms with Crippen LogP contribution in [0.25, 0.3) is 0 Å². The lowest BCUT2D eigenvalue weighted by atomic mass is 10.3. The van der Waals surface area contributed by atoms with Crippen LogP contribution in [0.2, 0.25) is 0 Å². The summed E-state index contributed by atoms with van der Waals surface area (Å²) in [6, 6.07) is 5.31. The van der Waals surface area contributed by atoms with Crippen molar-refractivity contribution in [3.63, 3.8) is 0 Å². The van der Waals surface area contributed by atoms with Gasteiger partial charge in [0.2, 0.25) is 5.88 Å². The zero-order valence-corrected chi connectivity index (χ0v) is 10.1. The molecule has 2 heterocycles. The Morgan fingerprint density at radius 1 is 1.39 bits per heavy atom. The van der Waals surface area contributed by atoms with Gasteiger partial charge in [0.25, 0.3) is 5.56 Å². The number of nitrogens with one attached hydrogen (secondary N) is 1. The first kappa shape index (κ1) is 12.1. The fraction of sp³-hybridized carbons (Fsp3) is 0.250. The molecule has 0 saturated heterocycles. The quantitative estimate of drug-likeness (QED) is 0.846. The molecule has 18 heavy (non-hydrogen) atoms. The normalized spacial score (nSPS) is 10.3. The number of methoxy groups -OCH3 is 1. The summed E-state index contributed by atoms with van der Waals surface area (Å²) in [6.07, 6.45) is 1.52. The van der Waals surface area contributed by atoms with Gasteiger partial charge in [0.15, 0.2) is 0 Å². The highest BCUT2D eigenvalue weighted by Gasteiger charge is 2.03. The summed E-state index contributed by atoms with van der Waals surface area (Å²) >= 11 is 0. The number of hydrogen-bond donors (Lipinski definition) is 1.